The molecule has 0 aliphatic rings. The Morgan fingerprint density at radius 2 is 1.73 bits per heavy atom. The van der Waals surface area contributed by atoms with E-state index in [1.807, 2.05) is 13.8 Å². The lowest BCUT2D eigenvalue weighted by Gasteiger charge is -2.24. The molecule has 0 fully saturated rings. The number of hydrogen-bond acceptors (Lipinski definition) is 7. The maximum atomic E-state index is 13.5. The van der Waals surface area contributed by atoms with Crippen LogP contribution in [0.15, 0.2) is 75.1 Å². The average Bonchev–Trinajstić information content (AvgIpc) is 2.88. The van der Waals surface area contributed by atoms with Gasteiger partial charge < -0.3 is 14.2 Å². The van der Waals surface area contributed by atoms with Gasteiger partial charge in [-0.1, -0.05) is 17.7 Å². The van der Waals surface area contributed by atoms with E-state index in [0.717, 1.165) is 9.87 Å². The number of anilines is 1. The molecule has 37 heavy (non-hydrogen) atoms. The van der Waals surface area contributed by atoms with Crippen LogP contribution in [0.1, 0.15) is 18.1 Å². The predicted molar refractivity (Wildman–Crippen MR) is 146 cm³/mol. The number of amides is 1. The molecular weight excluding hydrogens is 562 g/mol. The highest BCUT2D eigenvalue weighted by Gasteiger charge is 2.27. The van der Waals surface area contributed by atoms with Crippen molar-refractivity contribution in [3.8, 4) is 17.2 Å². The molecule has 0 atom stereocenters. The molecule has 3 rings (SSSR count). The van der Waals surface area contributed by atoms with Gasteiger partial charge in [0.25, 0.3) is 15.9 Å². The predicted octanol–water partition coefficient (Wildman–Crippen LogP) is 4.52. The number of carbonyl (C=O) groups is 1. The number of sulfonamides is 1. The summed E-state index contributed by atoms with van der Waals surface area (Å²) in [4.78, 5) is 12.9. The van der Waals surface area contributed by atoms with Gasteiger partial charge in [-0.05, 0) is 83.9 Å². The zero-order valence-electron chi connectivity index (χ0n) is 20.9. The SMILES string of the molecule is CCOc1ccc(N(CC(=O)N/N=C\c2cc(Br)c(OC)c(OC)c2)S(=O)(=O)c2ccc(C)cc2)cc1. The number of benzene rings is 3. The number of rotatable bonds is 11. The number of nitrogens with zero attached hydrogens (tertiary/aromatic N) is 2. The normalized spacial score (nSPS) is 11.3. The minimum atomic E-state index is -4.05. The van der Waals surface area contributed by atoms with Gasteiger partial charge in [0, 0.05) is 0 Å². The summed E-state index contributed by atoms with van der Waals surface area (Å²) in [6.07, 6.45) is 1.42. The van der Waals surface area contributed by atoms with Crippen molar-refractivity contribution in [1.82, 2.24) is 5.43 Å². The third-order valence-electron chi connectivity index (χ3n) is 5.19. The van der Waals surface area contributed by atoms with E-state index in [0.29, 0.717) is 39.6 Å². The van der Waals surface area contributed by atoms with E-state index in [2.05, 4.69) is 26.5 Å². The van der Waals surface area contributed by atoms with Crippen LogP contribution in [-0.4, -0.2) is 47.9 Å². The van der Waals surface area contributed by atoms with E-state index in [9.17, 15) is 13.2 Å². The molecule has 0 bridgehead atoms. The molecule has 0 aromatic heterocycles. The first-order valence-corrected chi connectivity index (χ1v) is 13.5. The average molecular weight is 590 g/mol. The lowest BCUT2D eigenvalue weighted by Crippen LogP contribution is -2.39. The van der Waals surface area contributed by atoms with Crippen molar-refractivity contribution in [2.24, 2.45) is 5.10 Å². The van der Waals surface area contributed by atoms with E-state index < -0.39 is 22.5 Å². The van der Waals surface area contributed by atoms with Crippen LogP contribution < -0.4 is 23.9 Å². The van der Waals surface area contributed by atoms with Gasteiger partial charge in [-0.15, -0.1) is 0 Å². The number of hydrogen-bond donors (Lipinski definition) is 1. The fraction of sp³-hybridized carbons (Fsp3) is 0.231. The van der Waals surface area contributed by atoms with Crippen LogP contribution in [0.2, 0.25) is 0 Å². The first-order chi connectivity index (χ1) is 17.7. The van der Waals surface area contributed by atoms with Crippen LogP contribution in [0.3, 0.4) is 0 Å². The van der Waals surface area contributed by atoms with Crippen LogP contribution in [0.5, 0.6) is 17.2 Å². The van der Waals surface area contributed by atoms with Crippen LogP contribution in [-0.2, 0) is 14.8 Å². The van der Waals surface area contributed by atoms with Gasteiger partial charge in [0.1, 0.15) is 12.3 Å². The summed E-state index contributed by atoms with van der Waals surface area (Å²) in [6.45, 7) is 3.70. The Labute approximate surface area is 225 Å². The van der Waals surface area contributed by atoms with Gasteiger partial charge >= 0.3 is 0 Å². The van der Waals surface area contributed by atoms with Crippen molar-refractivity contribution in [3.63, 3.8) is 0 Å². The summed E-state index contributed by atoms with van der Waals surface area (Å²) in [5, 5.41) is 3.98. The number of hydrazone groups is 1. The van der Waals surface area contributed by atoms with Gasteiger partial charge in [-0.3, -0.25) is 9.10 Å². The highest BCUT2D eigenvalue weighted by Crippen LogP contribution is 2.35. The van der Waals surface area contributed by atoms with Crippen molar-refractivity contribution < 1.29 is 27.4 Å². The number of ether oxygens (including phenoxy) is 3. The maximum absolute atomic E-state index is 13.5. The Morgan fingerprint density at radius 1 is 1.05 bits per heavy atom. The highest BCUT2D eigenvalue weighted by atomic mass is 79.9. The zero-order chi connectivity index (χ0) is 27.0. The standard InChI is InChI=1S/C26H28BrN3O6S/c1-5-36-21-10-8-20(9-11-21)30(37(32,33)22-12-6-18(2)7-13-22)17-25(31)29-28-16-19-14-23(27)26(35-4)24(15-19)34-3/h6-16H,5,17H2,1-4H3,(H,29,31)/b28-16-. The Hall–Kier alpha value is -3.57. The first-order valence-electron chi connectivity index (χ1n) is 11.2. The number of nitrogens with one attached hydrogen (secondary N) is 1. The number of carbonyl (C=O) groups excluding carboxylic acids is 1. The van der Waals surface area contributed by atoms with E-state index >= 15 is 0 Å². The van der Waals surface area contributed by atoms with E-state index in [-0.39, 0.29) is 4.90 Å². The quantitative estimate of drug-likeness (QED) is 0.260. The second-order valence-corrected chi connectivity index (χ2v) is 10.5. The molecular formula is C26H28BrN3O6S. The van der Waals surface area contributed by atoms with Crippen molar-refractivity contribution in [3.05, 3.63) is 76.3 Å². The van der Waals surface area contributed by atoms with Gasteiger partial charge in [0.15, 0.2) is 11.5 Å². The third kappa shape index (κ3) is 7.01. The Kier molecular flexibility index (Phi) is 9.54. The largest absolute Gasteiger partial charge is 0.494 e. The monoisotopic (exact) mass is 589 g/mol. The summed E-state index contributed by atoms with van der Waals surface area (Å²) in [6, 6.07) is 16.3. The van der Waals surface area contributed by atoms with Gasteiger partial charge in [0.2, 0.25) is 0 Å². The summed E-state index contributed by atoms with van der Waals surface area (Å²) in [5.74, 6) is 0.973. The van der Waals surface area contributed by atoms with Gasteiger partial charge in [0.05, 0.1) is 42.1 Å². The fourth-order valence-electron chi connectivity index (χ4n) is 3.38. The number of halogens is 1. The number of methoxy groups -OCH3 is 2. The van der Waals surface area contributed by atoms with Crippen LogP contribution in [0.25, 0.3) is 0 Å². The molecule has 9 nitrogen and oxygen atoms in total. The van der Waals surface area contributed by atoms with E-state index in [1.54, 1.807) is 48.5 Å². The van der Waals surface area contributed by atoms with Crippen molar-refractivity contribution in [2.45, 2.75) is 18.7 Å². The molecule has 0 aliphatic heterocycles. The molecule has 0 radical (unpaired) electrons. The third-order valence-corrected chi connectivity index (χ3v) is 7.57. The summed E-state index contributed by atoms with van der Waals surface area (Å²) >= 11 is 3.41. The van der Waals surface area contributed by atoms with Crippen molar-refractivity contribution >= 4 is 43.8 Å². The molecule has 0 saturated heterocycles. The number of aryl methyl sites for hydroxylation is 1. The molecule has 196 valence electrons. The molecule has 0 spiro atoms. The zero-order valence-corrected chi connectivity index (χ0v) is 23.3. The van der Waals surface area contributed by atoms with Crippen LogP contribution in [0, 0.1) is 6.92 Å². The molecule has 0 aliphatic carbocycles. The lowest BCUT2D eigenvalue weighted by atomic mass is 10.2. The molecule has 3 aromatic carbocycles. The van der Waals surface area contributed by atoms with Gasteiger partial charge in [-0.2, -0.15) is 5.10 Å². The maximum Gasteiger partial charge on any atom is 0.264 e. The van der Waals surface area contributed by atoms with Crippen LogP contribution >= 0.6 is 15.9 Å². The minimum Gasteiger partial charge on any atom is -0.494 e. The molecule has 0 heterocycles. The molecule has 0 unspecified atom stereocenters. The molecule has 11 heteroatoms. The van der Waals surface area contributed by atoms with E-state index in [1.165, 1.54) is 32.6 Å². The van der Waals surface area contributed by atoms with Crippen molar-refractivity contribution in [1.29, 1.82) is 0 Å². The Bertz CT molecular complexity index is 1360. The second kappa shape index (κ2) is 12.6. The Balaban J connectivity index is 1.84. The second-order valence-electron chi connectivity index (χ2n) is 7.78. The minimum absolute atomic E-state index is 0.0680. The van der Waals surface area contributed by atoms with Gasteiger partial charge in [-0.25, -0.2) is 13.8 Å². The highest BCUT2D eigenvalue weighted by molar-refractivity contribution is 9.10. The van der Waals surface area contributed by atoms with Crippen molar-refractivity contribution in [2.75, 3.05) is 31.7 Å². The lowest BCUT2D eigenvalue weighted by molar-refractivity contribution is -0.119. The Morgan fingerprint density at radius 3 is 2.32 bits per heavy atom. The summed E-state index contributed by atoms with van der Waals surface area (Å²) in [5.41, 5.74) is 4.25. The fourth-order valence-corrected chi connectivity index (χ4v) is 5.43. The first kappa shape index (κ1) is 28.0. The summed E-state index contributed by atoms with van der Waals surface area (Å²) < 4.78 is 44.7. The summed E-state index contributed by atoms with van der Waals surface area (Å²) in [7, 11) is -1.01. The molecule has 1 N–H and O–H groups in total. The van der Waals surface area contributed by atoms with Crippen LogP contribution in [0.4, 0.5) is 5.69 Å². The molecule has 3 aromatic rings. The molecule has 1 amide bonds. The van der Waals surface area contributed by atoms with E-state index in [4.69, 9.17) is 14.2 Å². The molecule has 0 saturated carbocycles. The topological polar surface area (TPSA) is 107 Å². The smallest absolute Gasteiger partial charge is 0.264 e.